The monoisotopic (exact) mass is 400 g/mol. The number of aromatic nitrogens is 2. The molecule has 0 aliphatic rings. The molecule has 0 saturated carbocycles. The molecule has 3 rings (SSSR count). The number of hydrogen-bond acceptors (Lipinski definition) is 6. The van der Waals surface area contributed by atoms with Crippen molar-refractivity contribution in [3.8, 4) is 10.6 Å². The molecule has 0 fully saturated rings. The molecular formula is C20H17ClN2O3S. The van der Waals surface area contributed by atoms with Crippen LogP contribution in [0, 0.1) is 0 Å². The molecule has 5 nitrogen and oxygen atoms in total. The summed E-state index contributed by atoms with van der Waals surface area (Å²) in [4.78, 5) is 33.5. The fourth-order valence-electron chi connectivity index (χ4n) is 2.53. The highest BCUT2D eigenvalue weighted by Crippen LogP contribution is 2.30. The van der Waals surface area contributed by atoms with Crippen molar-refractivity contribution in [3.05, 3.63) is 69.9 Å². The highest BCUT2D eigenvalue weighted by Gasteiger charge is 2.22. The lowest BCUT2D eigenvalue weighted by molar-refractivity contribution is -0.141. The number of hydrogen-bond donors (Lipinski definition) is 0. The molecule has 0 bridgehead atoms. The second-order valence-electron chi connectivity index (χ2n) is 5.74. The molecule has 0 unspecified atom stereocenters. The van der Waals surface area contributed by atoms with E-state index in [4.69, 9.17) is 16.3 Å². The minimum absolute atomic E-state index is 0.245. The molecule has 7 heteroatoms. The number of benzene rings is 1. The highest BCUT2D eigenvalue weighted by molar-refractivity contribution is 7.17. The Morgan fingerprint density at radius 3 is 2.48 bits per heavy atom. The SMILES string of the molecule is CCOC(=O)CC(=O)c1sc(-c2ccncc2)nc1Cc1ccc(Cl)cc1. The van der Waals surface area contributed by atoms with Gasteiger partial charge in [-0.15, -0.1) is 11.3 Å². The maximum Gasteiger partial charge on any atom is 0.313 e. The number of nitrogens with zero attached hydrogens (tertiary/aromatic N) is 2. The Morgan fingerprint density at radius 2 is 1.81 bits per heavy atom. The van der Waals surface area contributed by atoms with E-state index in [2.05, 4.69) is 9.97 Å². The van der Waals surface area contributed by atoms with Crippen LogP contribution in [0.25, 0.3) is 10.6 Å². The summed E-state index contributed by atoms with van der Waals surface area (Å²) in [6.45, 7) is 1.96. The molecule has 0 aliphatic heterocycles. The van der Waals surface area contributed by atoms with Gasteiger partial charge in [-0.2, -0.15) is 0 Å². The van der Waals surface area contributed by atoms with Crippen LogP contribution in [0.15, 0.2) is 48.8 Å². The quantitative estimate of drug-likeness (QED) is 0.329. The number of ether oxygens (including phenoxy) is 1. The van der Waals surface area contributed by atoms with Gasteiger partial charge in [-0.1, -0.05) is 23.7 Å². The Bertz CT molecular complexity index is 940. The predicted octanol–water partition coefficient (Wildman–Crippen LogP) is 4.59. The summed E-state index contributed by atoms with van der Waals surface area (Å²) in [5, 5.41) is 1.36. The van der Waals surface area contributed by atoms with Crippen LogP contribution in [0.5, 0.6) is 0 Å². The lowest BCUT2D eigenvalue weighted by Crippen LogP contribution is -2.12. The number of esters is 1. The predicted molar refractivity (Wildman–Crippen MR) is 105 cm³/mol. The number of thiazole rings is 1. The molecular weight excluding hydrogens is 384 g/mol. The van der Waals surface area contributed by atoms with E-state index in [9.17, 15) is 9.59 Å². The summed E-state index contributed by atoms with van der Waals surface area (Å²) >= 11 is 7.22. The third kappa shape index (κ3) is 4.99. The van der Waals surface area contributed by atoms with Crippen LogP contribution in [0.1, 0.15) is 34.3 Å². The van der Waals surface area contributed by atoms with Gasteiger partial charge in [0, 0.05) is 29.4 Å². The number of rotatable bonds is 7. The van der Waals surface area contributed by atoms with E-state index >= 15 is 0 Å². The van der Waals surface area contributed by atoms with Gasteiger partial charge in [0.15, 0.2) is 5.78 Å². The first-order valence-corrected chi connectivity index (χ1v) is 9.59. The van der Waals surface area contributed by atoms with E-state index in [1.807, 2.05) is 24.3 Å². The number of Topliss-reactive ketones (excluding diaryl/α,β-unsaturated/α-hetero) is 1. The van der Waals surface area contributed by atoms with E-state index < -0.39 is 5.97 Å². The first kappa shape index (κ1) is 19.2. The van der Waals surface area contributed by atoms with E-state index in [1.54, 1.807) is 31.5 Å². The topological polar surface area (TPSA) is 69.2 Å². The second-order valence-corrected chi connectivity index (χ2v) is 7.17. The van der Waals surface area contributed by atoms with Gasteiger partial charge in [-0.3, -0.25) is 14.6 Å². The number of ketones is 1. The average molecular weight is 401 g/mol. The Labute approximate surface area is 166 Å². The molecule has 2 aromatic heterocycles. The molecule has 0 radical (unpaired) electrons. The zero-order chi connectivity index (χ0) is 19.2. The van der Waals surface area contributed by atoms with Crippen molar-refractivity contribution in [1.82, 2.24) is 9.97 Å². The fourth-order valence-corrected chi connectivity index (χ4v) is 3.68. The van der Waals surface area contributed by atoms with Gasteiger partial charge in [0.05, 0.1) is 17.2 Å². The van der Waals surface area contributed by atoms with Crippen molar-refractivity contribution >= 4 is 34.7 Å². The van der Waals surface area contributed by atoms with Crippen LogP contribution < -0.4 is 0 Å². The molecule has 0 N–H and O–H groups in total. The van der Waals surface area contributed by atoms with E-state index in [-0.39, 0.29) is 18.8 Å². The fraction of sp³-hybridized carbons (Fsp3) is 0.200. The molecule has 0 amide bonds. The summed E-state index contributed by atoms with van der Waals surface area (Å²) in [6, 6.07) is 11.1. The minimum atomic E-state index is -0.529. The van der Waals surface area contributed by atoms with Crippen LogP contribution in [0.4, 0.5) is 0 Å². The lowest BCUT2D eigenvalue weighted by Gasteiger charge is -2.03. The van der Waals surface area contributed by atoms with Crippen LogP contribution in [0.3, 0.4) is 0 Å². The lowest BCUT2D eigenvalue weighted by atomic mass is 10.1. The van der Waals surface area contributed by atoms with Gasteiger partial charge in [-0.05, 0) is 36.8 Å². The Hall–Kier alpha value is -2.57. The Balaban J connectivity index is 1.93. The third-order valence-electron chi connectivity index (χ3n) is 3.77. The molecule has 27 heavy (non-hydrogen) atoms. The van der Waals surface area contributed by atoms with E-state index in [0.29, 0.717) is 27.0 Å². The van der Waals surface area contributed by atoms with Gasteiger partial charge < -0.3 is 4.74 Å². The summed E-state index contributed by atoms with van der Waals surface area (Å²) in [5.74, 6) is -0.811. The van der Waals surface area contributed by atoms with Crippen LogP contribution in [-0.2, 0) is 16.0 Å². The summed E-state index contributed by atoms with van der Waals surface area (Å²) < 4.78 is 4.90. The molecule has 1 aromatic carbocycles. The number of carbonyl (C=O) groups is 2. The van der Waals surface area contributed by atoms with Crippen molar-refractivity contribution in [2.75, 3.05) is 6.61 Å². The molecule has 3 aromatic rings. The molecule has 0 aliphatic carbocycles. The molecule has 0 atom stereocenters. The second kappa shape index (κ2) is 8.88. The number of halogens is 1. The van der Waals surface area contributed by atoms with Crippen molar-refractivity contribution < 1.29 is 14.3 Å². The Morgan fingerprint density at radius 1 is 1.11 bits per heavy atom. The third-order valence-corrected chi connectivity index (χ3v) is 5.21. The number of pyridine rings is 1. The van der Waals surface area contributed by atoms with Crippen LogP contribution in [-0.4, -0.2) is 28.3 Å². The van der Waals surface area contributed by atoms with Crippen LogP contribution in [0.2, 0.25) is 5.02 Å². The molecule has 138 valence electrons. The maximum absolute atomic E-state index is 12.7. The van der Waals surface area contributed by atoms with Crippen molar-refractivity contribution in [2.24, 2.45) is 0 Å². The number of carbonyl (C=O) groups excluding carboxylic acids is 2. The van der Waals surface area contributed by atoms with E-state index in [0.717, 1.165) is 11.1 Å². The Kier molecular flexibility index (Phi) is 6.32. The van der Waals surface area contributed by atoms with Crippen LogP contribution >= 0.6 is 22.9 Å². The summed E-state index contributed by atoms with van der Waals surface area (Å²) in [6.07, 6.45) is 3.54. The normalized spacial score (nSPS) is 10.6. The summed E-state index contributed by atoms with van der Waals surface area (Å²) in [5.41, 5.74) is 2.50. The van der Waals surface area contributed by atoms with E-state index in [1.165, 1.54) is 11.3 Å². The van der Waals surface area contributed by atoms with Gasteiger partial charge >= 0.3 is 5.97 Å². The van der Waals surface area contributed by atoms with Crippen molar-refractivity contribution in [3.63, 3.8) is 0 Å². The summed E-state index contributed by atoms with van der Waals surface area (Å²) in [7, 11) is 0. The smallest absolute Gasteiger partial charge is 0.313 e. The zero-order valence-corrected chi connectivity index (χ0v) is 16.2. The first-order chi connectivity index (χ1) is 13.1. The maximum atomic E-state index is 12.7. The van der Waals surface area contributed by atoms with Gasteiger partial charge in [-0.25, -0.2) is 4.98 Å². The average Bonchev–Trinajstić information content (AvgIpc) is 3.08. The van der Waals surface area contributed by atoms with Gasteiger partial charge in [0.25, 0.3) is 0 Å². The standard InChI is InChI=1S/C20H17ClN2O3S/c1-2-26-18(25)12-17(24)19-16(11-13-3-5-15(21)6-4-13)23-20(27-19)14-7-9-22-10-8-14/h3-10H,2,11-12H2,1H3. The first-order valence-electron chi connectivity index (χ1n) is 8.40. The van der Waals surface area contributed by atoms with Crippen molar-refractivity contribution in [2.45, 2.75) is 19.8 Å². The highest BCUT2D eigenvalue weighted by atomic mass is 35.5. The van der Waals surface area contributed by atoms with Crippen molar-refractivity contribution in [1.29, 1.82) is 0 Å². The largest absolute Gasteiger partial charge is 0.466 e. The van der Waals surface area contributed by atoms with Gasteiger partial charge in [0.2, 0.25) is 0 Å². The molecule has 0 spiro atoms. The van der Waals surface area contributed by atoms with Gasteiger partial charge in [0.1, 0.15) is 11.4 Å². The molecule has 2 heterocycles. The minimum Gasteiger partial charge on any atom is -0.466 e. The zero-order valence-electron chi connectivity index (χ0n) is 14.6. The molecule has 0 saturated heterocycles.